The van der Waals surface area contributed by atoms with Crippen LogP contribution in [0, 0.1) is 11.8 Å². The van der Waals surface area contributed by atoms with Gasteiger partial charge in [0.2, 0.25) is 10.0 Å². The summed E-state index contributed by atoms with van der Waals surface area (Å²) in [6, 6.07) is 0. The smallest absolute Gasteiger partial charge is 0.212 e. The lowest BCUT2D eigenvalue weighted by molar-refractivity contribution is 0.283. The summed E-state index contributed by atoms with van der Waals surface area (Å²) in [6.07, 6.45) is 5.21. The van der Waals surface area contributed by atoms with E-state index in [9.17, 15) is 8.42 Å². The minimum atomic E-state index is -3.06. The number of hydrogen-bond donors (Lipinski definition) is 2. The Morgan fingerprint density at radius 3 is 2.41 bits per heavy atom. The average molecular weight is 262 g/mol. The van der Waals surface area contributed by atoms with Crippen molar-refractivity contribution in [3.8, 4) is 0 Å². The van der Waals surface area contributed by atoms with Crippen molar-refractivity contribution in [3.05, 3.63) is 0 Å². The molecule has 17 heavy (non-hydrogen) atoms. The van der Waals surface area contributed by atoms with E-state index in [4.69, 9.17) is 0 Å². The Morgan fingerprint density at radius 2 is 1.82 bits per heavy atom. The van der Waals surface area contributed by atoms with Crippen molar-refractivity contribution < 1.29 is 8.42 Å². The fourth-order valence-electron chi connectivity index (χ4n) is 2.34. The molecule has 1 saturated carbocycles. The summed E-state index contributed by atoms with van der Waals surface area (Å²) in [7, 11) is -3.06. The van der Waals surface area contributed by atoms with Gasteiger partial charge in [-0.3, -0.25) is 0 Å². The molecule has 0 amide bonds. The van der Waals surface area contributed by atoms with Crippen molar-refractivity contribution in [2.24, 2.45) is 11.8 Å². The predicted octanol–water partition coefficient (Wildman–Crippen LogP) is 1.34. The van der Waals surface area contributed by atoms with E-state index in [1.807, 2.05) is 0 Å². The second kappa shape index (κ2) is 7.34. The predicted molar refractivity (Wildman–Crippen MR) is 71.5 cm³/mol. The summed E-state index contributed by atoms with van der Waals surface area (Å²) in [5, 5.41) is 3.27. The molecular formula is C12H26N2O2S. The lowest BCUT2D eigenvalue weighted by Gasteiger charge is -2.26. The molecule has 0 radical (unpaired) electrons. The van der Waals surface area contributed by atoms with E-state index in [0.29, 0.717) is 13.1 Å². The van der Waals surface area contributed by atoms with E-state index in [1.54, 1.807) is 6.92 Å². The van der Waals surface area contributed by atoms with Gasteiger partial charge in [-0.1, -0.05) is 26.7 Å². The Balaban J connectivity index is 2.08. The molecule has 2 N–H and O–H groups in total. The van der Waals surface area contributed by atoms with Crippen LogP contribution in [-0.2, 0) is 10.0 Å². The first kappa shape index (κ1) is 14.9. The van der Waals surface area contributed by atoms with Crippen LogP contribution < -0.4 is 10.0 Å². The van der Waals surface area contributed by atoms with Gasteiger partial charge in [-0.25, -0.2) is 13.1 Å². The van der Waals surface area contributed by atoms with Crippen molar-refractivity contribution in [2.45, 2.75) is 39.5 Å². The van der Waals surface area contributed by atoms with Gasteiger partial charge in [-0.15, -0.1) is 0 Å². The van der Waals surface area contributed by atoms with Crippen LogP contribution in [0.1, 0.15) is 39.5 Å². The molecule has 1 aliphatic carbocycles. The van der Waals surface area contributed by atoms with E-state index in [2.05, 4.69) is 17.0 Å². The molecule has 0 spiro atoms. The SMILES string of the molecule is CCNS(=O)(=O)CCNCC1CCC(C)CC1. The van der Waals surface area contributed by atoms with Gasteiger partial charge in [0.15, 0.2) is 0 Å². The van der Waals surface area contributed by atoms with Gasteiger partial charge in [0, 0.05) is 13.1 Å². The molecule has 1 fully saturated rings. The van der Waals surface area contributed by atoms with Crippen LogP contribution in [0.4, 0.5) is 0 Å². The summed E-state index contributed by atoms with van der Waals surface area (Å²) in [4.78, 5) is 0. The van der Waals surface area contributed by atoms with Crippen molar-refractivity contribution in [1.29, 1.82) is 0 Å². The molecule has 0 aromatic rings. The number of sulfonamides is 1. The molecule has 0 heterocycles. The van der Waals surface area contributed by atoms with Crippen LogP contribution in [0.5, 0.6) is 0 Å². The molecule has 102 valence electrons. The minimum absolute atomic E-state index is 0.184. The molecule has 0 atom stereocenters. The third kappa shape index (κ3) is 6.38. The van der Waals surface area contributed by atoms with Gasteiger partial charge in [0.25, 0.3) is 0 Å². The van der Waals surface area contributed by atoms with Crippen LogP contribution in [0.3, 0.4) is 0 Å². The second-order valence-electron chi connectivity index (χ2n) is 5.15. The maximum Gasteiger partial charge on any atom is 0.212 e. The van der Waals surface area contributed by atoms with Crippen LogP contribution >= 0.6 is 0 Å². The highest BCUT2D eigenvalue weighted by Gasteiger charge is 2.17. The van der Waals surface area contributed by atoms with Gasteiger partial charge >= 0.3 is 0 Å². The Bertz CT molecular complexity index is 296. The van der Waals surface area contributed by atoms with Crippen LogP contribution in [-0.4, -0.2) is 33.8 Å². The van der Waals surface area contributed by atoms with Crippen LogP contribution in [0.15, 0.2) is 0 Å². The molecule has 0 aliphatic heterocycles. The third-order valence-corrected chi connectivity index (χ3v) is 4.95. The maximum absolute atomic E-state index is 11.4. The Labute approximate surface area is 106 Å². The summed E-state index contributed by atoms with van der Waals surface area (Å²) in [5.41, 5.74) is 0. The van der Waals surface area contributed by atoms with Crippen molar-refractivity contribution in [3.63, 3.8) is 0 Å². The molecule has 1 rings (SSSR count). The van der Waals surface area contributed by atoms with E-state index in [-0.39, 0.29) is 5.75 Å². The monoisotopic (exact) mass is 262 g/mol. The Hall–Kier alpha value is -0.130. The van der Waals surface area contributed by atoms with Crippen molar-refractivity contribution in [1.82, 2.24) is 10.0 Å². The highest BCUT2D eigenvalue weighted by Crippen LogP contribution is 2.27. The zero-order valence-electron chi connectivity index (χ0n) is 11.0. The highest BCUT2D eigenvalue weighted by atomic mass is 32.2. The quantitative estimate of drug-likeness (QED) is 0.681. The molecule has 1 aliphatic rings. The standard InChI is InChI=1S/C12H26N2O2S/c1-3-14-17(15,16)9-8-13-10-12-6-4-11(2)5-7-12/h11-14H,3-10H2,1-2H3. The van der Waals surface area contributed by atoms with Crippen molar-refractivity contribution in [2.75, 3.05) is 25.4 Å². The molecule has 4 nitrogen and oxygen atoms in total. The first-order valence-corrected chi connectivity index (χ1v) is 8.36. The first-order chi connectivity index (χ1) is 8.03. The molecule has 0 aromatic carbocycles. The van der Waals surface area contributed by atoms with Gasteiger partial charge in [-0.2, -0.15) is 0 Å². The van der Waals surface area contributed by atoms with Gasteiger partial charge < -0.3 is 5.32 Å². The molecular weight excluding hydrogens is 236 g/mol. The molecule has 0 aromatic heterocycles. The van der Waals surface area contributed by atoms with Crippen LogP contribution in [0.25, 0.3) is 0 Å². The van der Waals surface area contributed by atoms with E-state index in [1.165, 1.54) is 25.7 Å². The van der Waals surface area contributed by atoms with E-state index >= 15 is 0 Å². The van der Waals surface area contributed by atoms with Crippen LogP contribution in [0.2, 0.25) is 0 Å². The molecule has 0 bridgehead atoms. The summed E-state index contributed by atoms with van der Waals surface area (Å²) in [5.74, 6) is 1.80. The molecule has 0 unspecified atom stereocenters. The van der Waals surface area contributed by atoms with E-state index in [0.717, 1.165) is 18.4 Å². The Kier molecular flexibility index (Phi) is 6.44. The fraction of sp³-hybridized carbons (Fsp3) is 1.00. The molecule has 0 saturated heterocycles. The van der Waals surface area contributed by atoms with Crippen molar-refractivity contribution >= 4 is 10.0 Å². The zero-order chi connectivity index (χ0) is 12.7. The summed E-state index contributed by atoms with van der Waals surface area (Å²) >= 11 is 0. The topological polar surface area (TPSA) is 58.2 Å². The summed E-state index contributed by atoms with van der Waals surface area (Å²) < 4.78 is 25.2. The number of rotatable bonds is 7. The fourth-order valence-corrected chi connectivity index (χ4v) is 3.34. The highest BCUT2D eigenvalue weighted by molar-refractivity contribution is 7.89. The minimum Gasteiger partial charge on any atom is -0.315 e. The largest absolute Gasteiger partial charge is 0.315 e. The maximum atomic E-state index is 11.4. The second-order valence-corrected chi connectivity index (χ2v) is 7.07. The number of hydrogen-bond acceptors (Lipinski definition) is 3. The van der Waals surface area contributed by atoms with Gasteiger partial charge in [0.05, 0.1) is 5.75 Å². The average Bonchev–Trinajstić information content (AvgIpc) is 2.27. The number of nitrogens with one attached hydrogen (secondary N) is 2. The summed E-state index contributed by atoms with van der Waals surface area (Å²) in [6.45, 7) is 6.11. The lowest BCUT2D eigenvalue weighted by Crippen LogP contribution is -2.34. The lowest BCUT2D eigenvalue weighted by atomic mass is 9.83. The van der Waals surface area contributed by atoms with Gasteiger partial charge in [-0.05, 0) is 31.2 Å². The third-order valence-electron chi connectivity index (χ3n) is 3.48. The van der Waals surface area contributed by atoms with Gasteiger partial charge in [0.1, 0.15) is 0 Å². The Morgan fingerprint density at radius 1 is 1.18 bits per heavy atom. The normalized spacial score (nSPS) is 26.0. The zero-order valence-corrected chi connectivity index (χ0v) is 11.9. The molecule has 5 heteroatoms. The first-order valence-electron chi connectivity index (χ1n) is 6.71. The van der Waals surface area contributed by atoms with E-state index < -0.39 is 10.0 Å².